The highest BCUT2D eigenvalue weighted by molar-refractivity contribution is 5.79. The maximum absolute atomic E-state index is 14.0. The van der Waals surface area contributed by atoms with E-state index >= 15 is 0 Å². The molecule has 0 aromatic rings. The molecule has 10 aliphatic rings. The standard InChI is InChI=1S/C40H58O12/c1-19-11-24-5-7-28-20(2)12-26(45-28)9-10-40-17-33-36(51-40)37-38(50-33)39(52-40)35-29(49-37)8-6-25(47-35)13-22(42)14-27-31(16-30(46-24)21(19)3)48-32(34(27)44-4)15-23(43)18-41/h19,23-39,41,43H,2-3,5-18H2,1,4H3/t19-,23?,24+,25?,26?,27?,28+,29?,30?,31+,32?,33-,34-,35+,36?,37+,38?,39?,40+/m1/s1. The molecule has 52 heavy (non-hydrogen) atoms. The molecular formula is C40H58O12. The van der Waals surface area contributed by atoms with Gasteiger partial charge in [0.25, 0.3) is 0 Å². The van der Waals surface area contributed by atoms with E-state index in [1.54, 1.807) is 7.11 Å². The summed E-state index contributed by atoms with van der Waals surface area (Å²) in [6, 6.07) is 0. The van der Waals surface area contributed by atoms with Crippen LogP contribution in [0.4, 0.5) is 0 Å². The van der Waals surface area contributed by atoms with Gasteiger partial charge in [-0.2, -0.15) is 0 Å². The molecule has 0 radical (unpaired) electrons. The fraction of sp³-hybridized carbons (Fsp3) is 0.875. The number of methoxy groups -OCH3 is 1. The van der Waals surface area contributed by atoms with Crippen molar-refractivity contribution in [2.75, 3.05) is 13.7 Å². The third-order valence-electron chi connectivity index (χ3n) is 13.9. The van der Waals surface area contributed by atoms with Crippen LogP contribution in [0.1, 0.15) is 90.4 Å². The zero-order valence-corrected chi connectivity index (χ0v) is 30.7. The van der Waals surface area contributed by atoms with E-state index in [4.69, 9.17) is 42.6 Å². The van der Waals surface area contributed by atoms with Gasteiger partial charge in [-0.15, -0.1) is 0 Å². The number of hydrogen-bond donors (Lipinski definition) is 2. The molecular weight excluding hydrogens is 672 g/mol. The summed E-state index contributed by atoms with van der Waals surface area (Å²) in [6.45, 7) is 10.7. The number of hydrogen-bond acceptors (Lipinski definition) is 12. The van der Waals surface area contributed by atoms with Crippen molar-refractivity contribution in [3.8, 4) is 0 Å². The lowest BCUT2D eigenvalue weighted by Gasteiger charge is -2.47. The average molecular weight is 731 g/mol. The van der Waals surface area contributed by atoms with Crippen LogP contribution in [0.2, 0.25) is 0 Å². The minimum Gasteiger partial charge on any atom is -0.394 e. The fourth-order valence-electron chi connectivity index (χ4n) is 11.3. The summed E-state index contributed by atoms with van der Waals surface area (Å²) in [5.41, 5.74) is 2.17. The molecule has 10 aliphatic heterocycles. The van der Waals surface area contributed by atoms with Crippen molar-refractivity contribution in [3.05, 3.63) is 24.3 Å². The lowest BCUT2D eigenvalue weighted by Crippen LogP contribution is -2.61. The third-order valence-corrected chi connectivity index (χ3v) is 13.9. The second-order valence-electron chi connectivity index (χ2n) is 17.4. The van der Waals surface area contributed by atoms with Crippen LogP contribution >= 0.6 is 0 Å². The zero-order valence-electron chi connectivity index (χ0n) is 30.7. The minimum atomic E-state index is -0.951. The Labute approximate surface area is 306 Å². The zero-order chi connectivity index (χ0) is 35.9. The highest BCUT2D eigenvalue weighted by atomic mass is 16.8. The molecule has 10 fully saturated rings. The summed E-state index contributed by atoms with van der Waals surface area (Å²) < 4.78 is 59.8. The molecule has 290 valence electrons. The molecule has 1 spiro atoms. The summed E-state index contributed by atoms with van der Waals surface area (Å²) in [5, 5.41) is 20.1. The Bertz CT molecular complexity index is 1370. The number of aliphatic hydroxyl groups excluding tert-OH is 2. The third kappa shape index (κ3) is 6.59. The first-order valence-electron chi connectivity index (χ1n) is 20.1. The summed E-state index contributed by atoms with van der Waals surface area (Å²) in [4.78, 5) is 14.0. The number of carbonyl (C=O) groups excluding carboxylic acids is 1. The maximum atomic E-state index is 14.0. The van der Waals surface area contributed by atoms with E-state index in [1.807, 2.05) is 0 Å². The molecule has 12 bridgehead atoms. The number of fused-ring (bicyclic) bond motifs is 6. The summed E-state index contributed by atoms with van der Waals surface area (Å²) in [6.07, 6.45) is 4.01. The first kappa shape index (κ1) is 36.4. The number of Topliss-reactive ketones (excluding diaryl/α,β-unsaturated/α-hetero) is 1. The molecule has 0 saturated carbocycles. The van der Waals surface area contributed by atoms with E-state index in [0.717, 1.165) is 49.7 Å². The van der Waals surface area contributed by atoms with Crippen molar-refractivity contribution >= 4 is 5.78 Å². The Hall–Kier alpha value is -1.29. The van der Waals surface area contributed by atoms with Crippen molar-refractivity contribution in [2.24, 2.45) is 11.8 Å². The monoisotopic (exact) mass is 730 g/mol. The van der Waals surface area contributed by atoms with Crippen LogP contribution in [-0.4, -0.2) is 133 Å². The Morgan fingerprint density at radius 2 is 1.54 bits per heavy atom. The van der Waals surface area contributed by atoms with E-state index in [-0.39, 0.29) is 123 Å². The molecule has 10 heterocycles. The SMILES string of the molecule is C=C1C2C[C@@H]3OC(CC(O)CO)[C@H](OC)C3CC(=O)CC3CCC4O[C@@H]5C6O[C@@H]7C[C@](CCC8CC(=C)[C@H](CC[C@@H](C[C@H]1C)O2)O8)(OC6[C@H]4O3)OC57. The molecule has 12 nitrogen and oxygen atoms in total. The number of rotatable bonds is 4. The molecule has 19 atom stereocenters. The minimum absolute atomic E-state index is 0.0260. The van der Waals surface area contributed by atoms with Crippen LogP contribution in [0.25, 0.3) is 0 Å². The largest absolute Gasteiger partial charge is 0.394 e. The van der Waals surface area contributed by atoms with Gasteiger partial charge in [-0.25, -0.2) is 0 Å². The molecule has 12 heteroatoms. The van der Waals surface area contributed by atoms with Gasteiger partial charge in [0.05, 0.1) is 73.8 Å². The van der Waals surface area contributed by atoms with Gasteiger partial charge in [-0.05, 0) is 62.0 Å². The second-order valence-corrected chi connectivity index (χ2v) is 17.4. The van der Waals surface area contributed by atoms with Gasteiger partial charge in [0.15, 0.2) is 5.79 Å². The van der Waals surface area contributed by atoms with Gasteiger partial charge in [0.2, 0.25) is 0 Å². The topological polar surface area (TPSA) is 141 Å². The molecule has 10 rings (SSSR count). The molecule has 0 aromatic carbocycles. The van der Waals surface area contributed by atoms with Crippen LogP contribution in [0.5, 0.6) is 0 Å². The molecule has 0 aromatic heterocycles. The Balaban J connectivity index is 0.994. The average Bonchev–Trinajstić information content (AvgIpc) is 3.79. The predicted molar refractivity (Wildman–Crippen MR) is 184 cm³/mol. The molecule has 2 N–H and O–H groups in total. The number of aliphatic hydroxyl groups is 2. The Morgan fingerprint density at radius 1 is 0.788 bits per heavy atom. The van der Waals surface area contributed by atoms with Crippen LogP contribution in [-0.2, 0) is 47.4 Å². The number of ketones is 1. The van der Waals surface area contributed by atoms with Crippen molar-refractivity contribution in [3.63, 3.8) is 0 Å². The van der Waals surface area contributed by atoms with E-state index in [9.17, 15) is 15.0 Å². The van der Waals surface area contributed by atoms with Crippen molar-refractivity contribution in [2.45, 2.75) is 194 Å². The second kappa shape index (κ2) is 14.3. The lowest BCUT2D eigenvalue weighted by atomic mass is 9.81. The van der Waals surface area contributed by atoms with Gasteiger partial charge in [0, 0.05) is 51.6 Å². The number of ether oxygens (including phenoxy) is 9. The van der Waals surface area contributed by atoms with Crippen LogP contribution in [0.15, 0.2) is 24.3 Å². The predicted octanol–water partition coefficient (Wildman–Crippen LogP) is 3.47. The van der Waals surface area contributed by atoms with E-state index in [1.165, 1.54) is 0 Å². The highest BCUT2D eigenvalue weighted by Gasteiger charge is 2.68. The van der Waals surface area contributed by atoms with Crippen molar-refractivity contribution in [1.29, 1.82) is 0 Å². The van der Waals surface area contributed by atoms with Gasteiger partial charge in [-0.3, -0.25) is 4.79 Å². The summed E-state index contributed by atoms with van der Waals surface area (Å²) in [5.74, 6) is -0.709. The fourth-order valence-corrected chi connectivity index (χ4v) is 11.3. The van der Waals surface area contributed by atoms with Gasteiger partial charge < -0.3 is 52.8 Å². The van der Waals surface area contributed by atoms with Crippen molar-refractivity contribution in [1.82, 2.24) is 0 Å². The smallest absolute Gasteiger partial charge is 0.172 e. The normalized spacial score (nSPS) is 52.4. The van der Waals surface area contributed by atoms with Crippen LogP contribution < -0.4 is 0 Å². The molecule has 0 amide bonds. The first-order valence-corrected chi connectivity index (χ1v) is 20.1. The van der Waals surface area contributed by atoms with Gasteiger partial charge in [-0.1, -0.05) is 20.1 Å². The summed E-state index contributed by atoms with van der Waals surface area (Å²) >= 11 is 0. The quantitative estimate of drug-likeness (QED) is 0.410. The van der Waals surface area contributed by atoms with Crippen LogP contribution in [0, 0.1) is 11.8 Å². The Kier molecular flexibility index (Phi) is 10.0. The molecule has 0 aliphatic carbocycles. The summed E-state index contributed by atoms with van der Waals surface area (Å²) in [7, 11) is 1.63. The van der Waals surface area contributed by atoms with Crippen molar-refractivity contribution < 1.29 is 57.6 Å². The Morgan fingerprint density at radius 3 is 2.37 bits per heavy atom. The van der Waals surface area contributed by atoms with Gasteiger partial charge in [0.1, 0.15) is 36.3 Å². The lowest BCUT2D eigenvalue weighted by molar-refractivity contribution is -0.292. The van der Waals surface area contributed by atoms with E-state index in [0.29, 0.717) is 25.7 Å². The van der Waals surface area contributed by atoms with Crippen LogP contribution in [0.3, 0.4) is 0 Å². The van der Waals surface area contributed by atoms with E-state index in [2.05, 4.69) is 20.1 Å². The highest BCUT2D eigenvalue weighted by Crippen LogP contribution is 2.54. The maximum Gasteiger partial charge on any atom is 0.172 e. The molecule has 10 saturated heterocycles. The number of carbonyl (C=O) groups is 1. The van der Waals surface area contributed by atoms with E-state index < -0.39 is 24.1 Å². The first-order chi connectivity index (χ1) is 25.1. The molecule has 10 unspecified atom stereocenters. The van der Waals surface area contributed by atoms with Gasteiger partial charge >= 0.3 is 0 Å².